The molecule has 2 aromatic carbocycles. The third-order valence-electron chi connectivity index (χ3n) is 4.39. The number of hydrogen-bond donors (Lipinski definition) is 0. The molecule has 0 bridgehead atoms. The number of carbonyl (C=O) groups is 1. The molecular formula is C21H21NO6. The minimum Gasteiger partial charge on any atom is -0.497 e. The Kier molecular flexibility index (Phi) is 5.26. The van der Waals surface area contributed by atoms with Gasteiger partial charge in [-0.3, -0.25) is 0 Å². The van der Waals surface area contributed by atoms with Gasteiger partial charge in [0.1, 0.15) is 22.8 Å². The number of ether oxygens (including phenoxy) is 3. The quantitative estimate of drug-likeness (QED) is 0.637. The smallest absolute Gasteiger partial charge is 0.414 e. The maximum Gasteiger partial charge on any atom is 0.414 e. The van der Waals surface area contributed by atoms with E-state index in [1.807, 2.05) is 6.92 Å². The summed E-state index contributed by atoms with van der Waals surface area (Å²) < 4.78 is 21.4. The Morgan fingerprint density at radius 1 is 1.00 bits per heavy atom. The number of fused-ring (bicyclic) bond motifs is 1. The second-order valence-electron chi connectivity index (χ2n) is 6.38. The number of amides is 1. The van der Waals surface area contributed by atoms with Crippen molar-refractivity contribution in [2.45, 2.75) is 6.92 Å². The number of nitrogens with zero attached hydrogens (tertiary/aromatic N) is 1. The molecule has 0 spiro atoms. The Balaban J connectivity index is 2.14. The molecule has 3 aromatic rings. The SMILES string of the molecule is COc1ccc(-c2c(C)c3ccc(OC(=O)N(C)C)cc3oc2=O)c(OC)c1. The summed E-state index contributed by atoms with van der Waals surface area (Å²) in [6.07, 6.45) is -0.516. The second kappa shape index (κ2) is 7.64. The molecule has 0 saturated heterocycles. The first-order valence-electron chi connectivity index (χ1n) is 8.54. The molecule has 0 fully saturated rings. The molecule has 1 heterocycles. The summed E-state index contributed by atoms with van der Waals surface area (Å²) in [4.78, 5) is 25.8. The lowest BCUT2D eigenvalue weighted by Gasteiger charge is -2.14. The minimum atomic E-state index is -0.516. The summed E-state index contributed by atoms with van der Waals surface area (Å²) in [7, 11) is 6.26. The van der Waals surface area contributed by atoms with Crippen LogP contribution in [-0.2, 0) is 0 Å². The molecule has 146 valence electrons. The van der Waals surface area contributed by atoms with E-state index in [-0.39, 0.29) is 0 Å². The van der Waals surface area contributed by atoms with Gasteiger partial charge >= 0.3 is 11.7 Å². The average Bonchev–Trinajstić information content (AvgIpc) is 2.67. The Morgan fingerprint density at radius 2 is 1.71 bits per heavy atom. The van der Waals surface area contributed by atoms with Crippen molar-refractivity contribution in [3.05, 3.63) is 52.4 Å². The highest BCUT2D eigenvalue weighted by molar-refractivity contribution is 5.89. The molecule has 0 radical (unpaired) electrons. The van der Waals surface area contributed by atoms with Crippen molar-refractivity contribution in [1.29, 1.82) is 0 Å². The zero-order chi connectivity index (χ0) is 20.4. The third kappa shape index (κ3) is 3.51. The van der Waals surface area contributed by atoms with Crippen LogP contribution in [0.1, 0.15) is 5.56 Å². The molecule has 1 aromatic heterocycles. The molecule has 7 nitrogen and oxygen atoms in total. The fraction of sp³-hybridized carbons (Fsp3) is 0.238. The fourth-order valence-electron chi connectivity index (χ4n) is 2.91. The molecule has 0 N–H and O–H groups in total. The molecule has 0 saturated carbocycles. The maximum absolute atomic E-state index is 12.7. The first-order chi connectivity index (χ1) is 13.3. The largest absolute Gasteiger partial charge is 0.497 e. The van der Waals surface area contributed by atoms with Crippen LogP contribution in [0.2, 0.25) is 0 Å². The highest BCUT2D eigenvalue weighted by Crippen LogP contribution is 2.36. The molecular weight excluding hydrogens is 362 g/mol. The lowest BCUT2D eigenvalue weighted by Crippen LogP contribution is -2.25. The fourth-order valence-corrected chi connectivity index (χ4v) is 2.91. The van der Waals surface area contributed by atoms with Crippen molar-refractivity contribution < 1.29 is 23.4 Å². The first kappa shape index (κ1) is 19.3. The van der Waals surface area contributed by atoms with Gasteiger partial charge in [0, 0.05) is 37.2 Å². The van der Waals surface area contributed by atoms with Crippen molar-refractivity contribution >= 4 is 17.1 Å². The van der Waals surface area contributed by atoms with Crippen molar-refractivity contribution in [1.82, 2.24) is 4.90 Å². The van der Waals surface area contributed by atoms with Gasteiger partial charge in [-0.1, -0.05) is 0 Å². The lowest BCUT2D eigenvalue weighted by molar-refractivity contribution is 0.172. The van der Waals surface area contributed by atoms with E-state index >= 15 is 0 Å². The van der Waals surface area contributed by atoms with Crippen LogP contribution in [0.5, 0.6) is 17.2 Å². The van der Waals surface area contributed by atoms with Crippen LogP contribution in [0.15, 0.2) is 45.6 Å². The van der Waals surface area contributed by atoms with Gasteiger partial charge in [0.15, 0.2) is 0 Å². The molecule has 0 unspecified atom stereocenters. The highest BCUT2D eigenvalue weighted by atomic mass is 16.6. The Hall–Kier alpha value is -3.48. The molecule has 0 aliphatic rings. The van der Waals surface area contributed by atoms with Gasteiger partial charge in [-0.05, 0) is 36.8 Å². The molecule has 7 heteroatoms. The van der Waals surface area contributed by atoms with Crippen molar-refractivity contribution in [3.8, 4) is 28.4 Å². The van der Waals surface area contributed by atoms with Gasteiger partial charge in [-0.15, -0.1) is 0 Å². The van der Waals surface area contributed by atoms with Crippen molar-refractivity contribution in [2.75, 3.05) is 28.3 Å². The number of methoxy groups -OCH3 is 2. The predicted octanol–water partition coefficient (Wildman–Crippen LogP) is 3.85. The summed E-state index contributed by atoms with van der Waals surface area (Å²) in [6, 6.07) is 10.2. The van der Waals surface area contributed by atoms with Crippen LogP contribution in [0, 0.1) is 6.92 Å². The third-order valence-corrected chi connectivity index (χ3v) is 4.39. The van der Waals surface area contributed by atoms with E-state index in [9.17, 15) is 9.59 Å². The van der Waals surface area contributed by atoms with E-state index in [0.29, 0.717) is 34.0 Å². The average molecular weight is 383 g/mol. The first-order valence-corrected chi connectivity index (χ1v) is 8.54. The van der Waals surface area contributed by atoms with Crippen LogP contribution in [0.25, 0.3) is 22.1 Å². The number of carbonyl (C=O) groups excluding carboxylic acids is 1. The molecule has 1 amide bonds. The zero-order valence-corrected chi connectivity index (χ0v) is 16.4. The lowest BCUT2D eigenvalue weighted by atomic mass is 9.98. The van der Waals surface area contributed by atoms with Crippen molar-refractivity contribution in [3.63, 3.8) is 0 Å². The molecule has 0 aliphatic heterocycles. The summed E-state index contributed by atoms with van der Waals surface area (Å²) in [5.74, 6) is 1.42. The second-order valence-corrected chi connectivity index (χ2v) is 6.38. The Morgan fingerprint density at radius 3 is 2.36 bits per heavy atom. The van der Waals surface area contributed by atoms with Gasteiger partial charge in [-0.2, -0.15) is 0 Å². The topological polar surface area (TPSA) is 78.2 Å². The van der Waals surface area contributed by atoms with Crippen LogP contribution in [0.4, 0.5) is 4.79 Å². The molecule has 28 heavy (non-hydrogen) atoms. The molecule has 3 rings (SSSR count). The summed E-state index contributed by atoms with van der Waals surface area (Å²) in [5.41, 5.74) is 1.58. The number of benzene rings is 2. The Bertz CT molecular complexity index is 1100. The van der Waals surface area contributed by atoms with Gasteiger partial charge in [0.05, 0.1) is 19.8 Å². The van der Waals surface area contributed by atoms with Gasteiger partial charge in [-0.25, -0.2) is 9.59 Å². The van der Waals surface area contributed by atoms with E-state index in [0.717, 1.165) is 10.9 Å². The summed E-state index contributed by atoms with van der Waals surface area (Å²) in [5, 5.41) is 0.733. The molecule has 0 atom stereocenters. The van der Waals surface area contributed by atoms with Crippen LogP contribution in [0.3, 0.4) is 0 Å². The number of hydrogen-bond acceptors (Lipinski definition) is 6. The molecule has 0 aliphatic carbocycles. The van der Waals surface area contributed by atoms with Crippen molar-refractivity contribution in [2.24, 2.45) is 0 Å². The minimum absolute atomic E-state index is 0.295. The van der Waals surface area contributed by atoms with Crippen LogP contribution < -0.4 is 19.8 Å². The van der Waals surface area contributed by atoms with Gasteiger partial charge < -0.3 is 23.5 Å². The van der Waals surface area contributed by atoms with Crippen LogP contribution in [-0.4, -0.2) is 39.3 Å². The summed E-state index contributed by atoms with van der Waals surface area (Å²) >= 11 is 0. The maximum atomic E-state index is 12.7. The Labute approximate surface area is 162 Å². The number of aryl methyl sites for hydroxylation is 1. The van der Waals surface area contributed by atoms with Crippen LogP contribution >= 0.6 is 0 Å². The zero-order valence-electron chi connectivity index (χ0n) is 16.4. The van der Waals surface area contributed by atoms with E-state index in [1.54, 1.807) is 51.5 Å². The predicted molar refractivity (Wildman–Crippen MR) is 105 cm³/mol. The van der Waals surface area contributed by atoms with E-state index in [2.05, 4.69) is 0 Å². The van der Waals surface area contributed by atoms with E-state index < -0.39 is 11.7 Å². The highest BCUT2D eigenvalue weighted by Gasteiger charge is 2.18. The van der Waals surface area contributed by atoms with Gasteiger partial charge in [0.25, 0.3) is 0 Å². The normalized spacial score (nSPS) is 10.6. The standard InChI is InChI=1S/C21H21NO6/c1-12-15-8-7-14(27-21(24)22(2)3)11-18(15)28-20(23)19(12)16-9-6-13(25-4)10-17(16)26-5/h6-11H,1-5H3. The number of rotatable bonds is 4. The van der Waals surface area contributed by atoms with E-state index in [4.69, 9.17) is 18.6 Å². The monoisotopic (exact) mass is 383 g/mol. The van der Waals surface area contributed by atoms with Gasteiger partial charge in [0.2, 0.25) is 0 Å². The summed E-state index contributed by atoms with van der Waals surface area (Å²) in [6.45, 7) is 1.84. The van der Waals surface area contributed by atoms with E-state index in [1.165, 1.54) is 18.1 Å².